The molecule has 0 aromatic carbocycles. The van der Waals surface area contributed by atoms with Crippen LogP contribution in [0.2, 0.25) is 0 Å². The minimum atomic E-state index is -0.180. The van der Waals surface area contributed by atoms with Crippen LogP contribution in [0, 0.1) is 5.41 Å². The molecule has 136 valence electrons. The number of imide groups is 1. The van der Waals surface area contributed by atoms with Gasteiger partial charge < -0.3 is 0 Å². The molecule has 2 amide bonds. The van der Waals surface area contributed by atoms with Gasteiger partial charge in [-0.25, -0.2) is 0 Å². The van der Waals surface area contributed by atoms with E-state index >= 15 is 0 Å². The summed E-state index contributed by atoms with van der Waals surface area (Å²) < 4.78 is 0. The molecular weight excluding hydrogens is 302 g/mol. The van der Waals surface area contributed by atoms with Gasteiger partial charge in [0.25, 0.3) is 11.8 Å². The van der Waals surface area contributed by atoms with Crippen molar-refractivity contribution < 1.29 is 14.4 Å². The van der Waals surface area contributed by atoms with E-state index in [0.29, 0.717) is 18.7 Å². The largest absolute Gasteiger partial charge is 0.299 e. The minimum Gasteiger partial charge on any atom is -0.299 e. The Kier molecular flexibility index (Phi) is 8.94. The lowest BCUT2D eigenvalue weighted by molar-refractivity contribution is -0.136. The number of hydrogen-bond donors (Lipinski definition) is 0. The highest BCUT2D eigenvalue weighted by molar-refractivity contribution is 6.12. The Morgan fingerprint density at radius 1 is 0.875 bits per heavy atom. The monoisotopic (exact) mass is 335 g/mol. The lowest BCUT2D eigenvalue weighted by Gasteiger charge is -2.20. The molecule has 0 aromatic rings. The topological polar surface area (TPSA) is 54.5 Å². The maximum absolute atomic E-state index is 12.0. The molecule has 0 atom stereocenters. The van der Waals surface area contributed by atoms with Gasteiger partial charge in [0.2, 0.25) is 0 Å². The molecule has 0 unspecified atom stereocenters. The molecular formula is C20H33NO3. The average molecular weight is 335 g/mol. The molecule has 4 nitrogen and oxygen atoms in total. The Labute approximate surface area is 146 Å². The highest BCUT2D eigenvalue weighted by Gasteiger charge is 2.24. The minimum absolute atomic E-state index is 0.159. The van der Waals surface area contributed by atoms with E-state index in [1.807, 2.05) is 13.8 Å². The lowest BCUT2D eigenvalue weighted by Crippen LogP contribution is -2.30. The van der Waals surface area contributed by atoms with Gasteiger partial charge in [-0.1, -0.05) is 59.3 Å². The van der Waals surface area contributed by atoms with Crippen LogP contribution in [-0.2, 0) is 14.4 Å². The van der Waals surface area contributed by atoms with Crippen LogP contribution in [0.25, 0.3) is 0 Å². The second kappa shape index (κ2) is 10.4. The summed E-state index contributed by atoms with van der Waals surface area (Å²) in [5, 5.41) is 0. The van der Waals surface area contributed by atoms with Crippen LogP contribution in [0.4, 0.5) is 0 Å². The van der Waals surface area contributed by atoms with E-state index in [2.05, 4.69) is 6.92 Å². The summed E-state index contributed by atoms with van der Waals surface area (Å²) in [6, 6.07) is 0. The molecule has 1 aliphatic rings. The zero-order valence-electron chi connectivity index (χ0n) is 15.6. The zero-order valence-corrected chi connectivity index (χ0v) is 15.6. The SMILES string of the molecule is CCC(C)(C)C(=O)CCCCCCCCCCN1C(=O)C=CC1=O. The van der Waals surface area contributed by atoms with Crippen LogP contribution < -0.4 is 0 Å². The van der Waals surface area contributed by atoms with Crippen LogP contribution in [0.15, 0.2) is 12.2 Å². The molecule has 1 heterocycles. The fourth-order valence-corrected chi connectivity index (χ4v) is 2.80. The van der Waals surface area contributed by atoms with Crippen molar-refractivity contribution in [3.8, 4) is 0 Å². The van der Waals surface area contributed by atoms with E-state index in [9.17, 15) is 14.4 Å². The summed E-state index contributed by atoms with van der Waals surface area (Å²) in [5.74, 6) is 0.0343. The maximum Gasteiger partial charge on any atom is 0.253 e. The van der Waals surface area contributed by atoms with Crippen LogP contribution in [0.5, 0.6) is 0 Å². The molecule has 0 N–H and O–H groups in total. The standard InChI is InChI=1S/C20H33NO3/c1-4-20(2,3)17(22)13-11-9-7-5-6-8-10-12-16-21-18(23)14-15-19(21)24/h14-15H,4-13,16H2,1-3H3. The molecule has 0 spiro atoms. The second-order valence-electron chi connectivity index (χ2n) is 7.40. The zero-order chi connectivity index (χ0) is 18.0. The van der Waals surface area contributed by atoms with E-state index in [-0.39, 0.29) is 17.2 Å². The normalized spacial score (nSPS) is 14.7. The Morgan fingerprint density at radius 3 is 1.83 bits per heavy atom. The number of amides is 2. The molecule has 0 fully saturated rings. The summed E-state index contributed by atoms with van der Waals surface area (Å²) >= 11 is 0. The molecule has 0 saturated carbocycles. The Morgan fingerprint density at radius 2 is 1.33 bits per heavy atom. The molecule has 24 heavy (non-hydrogen) atoms. The molecule has 4 heteroatoms. The van der Waals surface area contributed by atoms with Crippen LogP contribution in [0.1, 0.15) is 85.0 Å². The highest BCUT2D eigenvalue weighted by Crippen LogP contribution is 2.24. The number of unbranched alkanes of at least 4 members (excludes halogenated alkanes) is 7. The smallest absolute Gasteiger partial charge is 0.253 e. The number of Topliss-reactive ketones (excluding diaryl/α,β-unsaturated/α-hetero) is 1. The first kappa shape index (κ1) is 20.6. The van der Waals surface area contributed by atoms with Gasteiger partial charge in [-0.15, -0.1) is 0 Å². The summed E-state index contributed by atoms with van der Waals surface area (Å²) in [6.45, 7) is 6.69. The lowest BCUT2D eigenvalue weighted by atomic mass is 9.83. The molecule has 1 rings (SSSR count). The Bertz CT molecular complexity index is 448. The summed E-state index contributed by atoms with van der Waals surface area (Å²) in [5.41, 5.74) is -0.159. The number of hydrogen-bond acceptors (Lipinski definition) is 3. The first-order valence-corrected chi connectivity index (χ1v) is 9.45. The third-order valence-corrected chi connectivity index (χ3v) is 5.07. The highest BCUT2D eigenvalue weighted by atomic mass is 16.2. The third-order valence-electron chi connectivity index (χ3n) is 5.07. The summed E-state index contributed by atoms with van der Waals surface area (Å²) in [7, 11) is 0. The number of carbonyl (C=O) groups is 3. The van der Waals surface area contributed by atoms with Gasteiger partial charge in [0.1, 0.15) is 5.78 Å². The van der Waals surface area contributed by atoms with Crippen LogP contribution in [0.3, 0.4) is 0 Å². The molecule has 0 bridgehead atoms. The molecule has 1 aliphatic heterocycles. The van der Waals surface area contributed by atoms with Crippen LogP contribution in [-0.4, -0.2) is 29.0 Å². The predicted octanol–water partition coefficient (Wildman–Crippen LogP) is 4.43. The van der Waals surface area contributed by atoms with Crippen molar-refractivity contribution in [1.82, 2.24) is 4.90 Å². The van der Waals surface area contributed by atoms with Gasteiger partial charge >= 0.3 is 0 Å². The van der Waals surface area contributed by atoms with Crippen molar-refractivity contribution in [1.29, 1.82) is 0 Å². The van der Waals surface area contributed by atoms with Crippen molar-refractivity contribution in [2.45, 2.75) is 85.0 Å². The molecule has 0 saturated heterocycles. The maximum atomic E-state index is 12.0. The van der Waals surface area contributed by atoms with E-state index in [1.165, 1.54) is 36.3 Å². The van der Waals surface area contributed by atoms with Crippen molar-refractivity contribution in [3.63, 3.8) is 0 Å². The summed E-state index contributed by atoms with van der Waals surface area (Å²) in [4.78, 5) is 36.1. The van der Waals surface area contributed by atoms with E-state index in [1.54, 1.807) is 0 Å². The number of ketones is 1. The number of rotatable bonds is 13. The molecule has 0 aromatic heterocycles. The fraction of sp³-hybridized carbons (Fsp3) is 0.750. The van der Waals surface area contributed by atoms with Gasteiger partial charge in [-0.2, -0.15) is 0 Å². The van der Waals surface area contributed by atoms with E-state index in [4.69, 9.17) is 0 Å². The second-order valence-corrected chi connectivity index (χ2v) is 7.40. The van der Waals surface area contributed by atoms with E-state index in [0.717, 1.165) is 38.5 Å². The number of carbonyl (C=O) groups excluding carboxylic acids is 3. The average Bonchev–Trinajstić information content (AvgIpc) is 2.87. The van der Waals surface area contributed by atoms with Gasteiger partial charge in [-0.3, -0.25) is 19.3 Å². The van der Waals surface area contributed by atoms with E-state index < -0.39 is 0 Å². The van der Waals surface area contributed by atoms with Gasteiger partial charge in [0.05, 0.1) is 0 Å². The fourth-order valence-electron chi connectivity index (χ4n) is 2.80. The molecule has 0 radical (unpaired) electrons. The summed E-state index contributed by atoms with van der Waals surface area (Å²) in [6.07, 6.45) is 13.1. The quantitative estimate of drug-likeness (QED) is 0.369. The predicted molar refractivity (Wildman–Crippen MR) is 96.5 cm³/mol. The van der Waals surface area contributed by atoms with Crippen LogP contribution >= 0.6 is 0 Å². The van der Waals surface area contributed by atoms with Crippen molar-refractivity contribution in [2.75, 3.05) is 6.54 Å². The Balaban J connectivity index is 1.92. The van der Waals surface area contributed by atoms with Gasteiger partial charge in [-0.05, 0) is 19.3 Å². The Hall–Kier alpha value is -1.45. The first-order valence-electron chi connectivity index (χ1n) is 9.45. The number of nitrogens with zero attached hydrogens (tertiary/aromatic N) is 1. The van der Waals surface area contributed by atoms with Crippen molar-refractivity contribution in [2.24, 2.45) is 5.41 Å². The third kappa shape index (κ3) is 6.98. The van der Waals surface area contributed by atoms with Crippen molar-refractivity contribution in [3.05, 3.63) is 12.2 Å². The van der Waals surface area contributed by atoms with Gasteiger partial charge in [0.15, 0.2) is 0 Å². The van der Waals surface area contributed by atoms with Crippen molar-refractivity contribution >= 4 is 17.6 Å². The van der Waals surface area contributed by atoms with Gasteiger partial charge in [0, 0.05) is 30.5 Å². The molecule has 0 aliphatic carbocycles. The first-order chi connectivity index (χ1) is 11.4.